The van der Waals surface area contributed by atoms with Crippen molar-refractivity contribution in [2.75, 3.05) is 25.4 Å². The van der Waals surface area contributed by atoms with E-state index in [2.05, 4.69) is 55.4 Å². The van der Waals surface area contributed by atoms with Crippen LogP contribution in [0.15, 0.2) is 0 Å². The van der Waals surface area contributed by atoms with Crippen LogP contribution in [0.1, 0.15) is 55.4 Å². The van der Waals surface area contributed by atoms with Gasteiger partial charge in [-0.3, -0.25) is 0 Å². The molecule has 7 heteroatoms. The summed E-state index contributed by atoms with van der Waals surface area (Å²) in [7, 11) is 9.40. The minimum absolute atomic E-state index is 0.155. The Morgan fingerprint density at radius 2 is 0.826 bits per heavy atom. The first-order chi connectivity index (χ1) is 10.6. The van der Waals surface area contributed by atoms with Crippen molar-refractivity contribution in [3.8, 4) is 0 Å². The molecular formula is C16H42Cl2N2P2Ru+4. The third-order valence-electron chi connectivity index (χ3n) is 3.83. The second-order valence-electron chi connectivity index (χ2n) is 6.90. The van der Waals surface area contributed by atoms with Gasteiger partial charge >= 0.3 is 34.5 Å². The molecular weight excluding hydrogens is 454 g/mol. The summed E-state index contributed by atoms with van der Waals surface area (Å²) >= 11 is -0.346. The third kappa shape index (κ3) is 20.2. The van der Waals surface area contributed by atoms with Gasteiger partial charge in [0.15, 0.2) is 0 Å². The molecule has 0 saturated carbocycles. The summed E-state index contributed by atoms with van der Waals surface area (Å²) in [5.41, 5.74) is 14.6. The number of halogens is 2. The number of hydrogen-bond acceptors (Lipinski definition) is 2. The van der Waals surface area contributed by atoms with Crippen molar-refractivity contribution in [2.24, 2.45) is 11.5 Å². The van der Waals surface area contributed by atoms with E-state index in [1.54, 1.807) is 0 Å². The second kappa shape index (κ2) is 20.3. The molecule has 0 aliphatic rings. The van der Waals surface area contributed by atoms with Gasteiger partial charge in [-0.1, -0.05) is 0 Å². The third-order valence-corrected chi connectivity index (χ3v) is 11.5. The maximum absolute atomic E-state index is 5.53. The van der Waals surface area contributed by atoms with Gasteiger partial charge in [0.05, 0.1) is 35.0 Å². The number of nitrogens with two attached hydrogens (primary N) is 2. The van der Waals surface area contributed by atoms with Crippen LogP contribution in [-0.2, 0) is 15.1 Å². The van der Waals surface area contributed by atoms with Gasteiger partial charge in [0, 0.05) is 28.9 Å². The monoisotopic (exact) mass is 496 g/mol. The van der Waals surface area contributed by atoms with Gasteiger partial charge in [0.25, 0.3) is 0 Å². The fourth-order valence-electron chi connectivity index (χ4n) is 2.82. The van der Waals surface area contributed by atoms with Crippen molar-refractivity contribution in [1.82, 2.24) is 0 Å². The van der Waals surface area contributed by atoms with Crippen molar-refractivity contribution in [3.05, 3.63) is 0 Å². The summed E-state index contributed by atoms with van der Waals surface area (Å²) in [6.45, 7) is 20.3. The zero-order chi connectivity index (χ0) is 19.0. The molecule has 0 unspecified atom stereocenters. The van der Waals surface area contributed by atoms with Crippen molar-refractivity contribution in [3.63, 3.8) is 0 Å². The fraction of sp³-hybridized carbons (Fsp3) is 1.00. The van der Waals surface area contributed by atoms with Crippen LogP contribution in [0.5, 0.6) is 0 Å². The van der Waals surface area contributed by atoms with Crippen LogP contribution in [-0.4, -0.2) is 48.0 Å². The zero-order valence-corrected chi connectivity index (χ0v) is 21.7. The Labute approximate surface area is 164 Å². The number of rotatable bonds is 8. The molecule has 0 radical (unpaired) electrons. The maximum atomic E-state index is 5.53. The quantitative estimate of drug-likeness (QED) is 0.353. The van der Waals surface area contributed by atoms with E-state index in [0.717, 1.165) is 35.7 Å². The standard InChI is InChI=1S/2C8H20NP.2ClH.Ru/c2*1-7(2)10(6-5-9)8(3)4;;;/h2*7-8H,5-6,9H2,1-4H3;2*1H;/q;;;;+4. The molecule has 0 bridgehead atoms. The van der Waals surface area contributed by atoms with Crippen molar-refractivity contribution >= 4 is 35.2 Å². The molecule has 144 valence electrons. The van der Waals surface area contributed by atoms with Crippen LogP contribution >= 0.6 is 35.2 Å². The van der Waals surface area contributed by atoms with Crippen LogP contribution in [0.2, 0.25) is 0 Å². The number of hydrogen-bond donors (Lipinski definition) is 2. The van der Waals surface area contributed by atoms with Crippen LogP contribution in [0, 0.1) is 0 Å². The summed E-state index contributed by atoms with van der Waals surface area (Å²) in [5, 5.41) is 0. The minimum atomic E-state index is -0.346. The molecule has 0 fully saturated rings. The zero-order valence-electron chi connectivity index (χ0n) is 16.4. The van der Waals surface area contributed by atoms with Gasteiger partial charge < -0.3 is 11.5 Å². The molecule has 0 rings (SSSR count). The second-order valence-corrected chi connectivity index (χ2v) is 17.5. The summed E-state index contributed by atoms with van der Waals surface area (Å²) in [4.78, 5) is 0. The Morgan fingerprint density at radius 1 is 0.652 bits per heavy atom. The van der Waals surface area contributed by atoms with Crippen molar-refractivity contribution in [1.29, 1.82) is 0 Å². The summed E-state index contributed by atoms with van der Waals surface area (Å²) in [6, 6.07) is 0. The van der Waals surface area contributed by atoms with E-state index in [9.17, 15) is 0 Å². The van der Waals surface area contributed by atoms with E-state index in [0.29, 0.717) is 0 Å². The van der Waals surface area contributed by atoms with Crippen LogP contribution in [0.4, 0.5) is 0 Å². The topological polar surface area (TPSA) is 52.0 Å². The SMILES string of the molecule is CC(C)[PH+](CCN)C(C)C.CC(C)[PH+](CCN)C(C)C.[Cl][Ru+2][Cl]. The molecule has 0 aliphatic carbocycles. The molecule has 0 aromatic carbocycles. The van der Waals surface area contributed by atoms with E-state index >= 15 is 0 Å². The molecule has 23 heavy (non-hydrogen) atoms. The van der Waals surface area contributed by atoms with Gasteiger partial charge in [-0.25, -0.2) is 0 Å². The molecule has 0 spiro atoms. The van der Waals surface area contributed by atoms with E-state index in [1.807, 2.05) is 0 Å². The summed E-state index contributed by atoms with van der Waals surface area (Å²) < 4.78 is 0. The predicted molar refractivity (Wildman–Crippen MR) is 117 cm³/mol. The van der Waals surface area contributed by atoms with E-state index in [1.165, 1.54) is 12.3 Å². The van der Waals surface area contributed by atoms with Gasteiger partial charge in [0.2, 0.25) is 0 Å². The Morgan fingerprint density at radius 3 is 0.870 bits per heavy atom. The Bertz CT molecular complexity index is 196. The van der Waals surface area contributed by atoms with Crippen LogP contribution < -0.4 is 11.5 Å². The molecule has 0 aromatic heterocycles. The Balaban J connectivity index is -0.000000297. The molecule has 0 aliphatic heterocycles. The van der Waals surface area contributed by atoms with Gasteiger partial charge in [-0.05, 0) is 55.4 Å². The first kappa shape index (κ1) is 29.7. The van der Waals surface area contributed by atoms with Crippen molar-refractivity contribution < 1.29 is 15.1 Å². The summed E-state index contributed by atoms with van der Waals surface area (Å²) in [5.74, 6) is 0. The average molecular weight is 496 g/mol. The van der Waals surface area contributed by atoms with Gasteiger partial charge in [0.1, 0.15) is 0 Å². The molecule has 0 atom stereocenters. The molecule has 0 aromatic rings. The van der Waals surface area contributed by atoms with E-state index < -0.39 is 0 Å². The first-order valence-electron chi connectivity index (χ1n) is 8.56. The molecule has 0 saturated heterocycles. The van der Waals surface area contributed by atoms with Crippen molar-refractivity contribution in [2.45, 2.75) is 78.0 Å². The molecule has 0 amide bonds. The molecule has 2 nitrogen and oxygen atoms in total. The van der Waals surface area contributed by atoms with Gasteiger partial charge in [-0.2, -0.15) is 0 Å². The normalized spacial score (nSPS) is 11.2. The fourth-order valence-corrected chi connectivity index (χ4v) is 8.46. The van der Waals surface area contributed by atoms with Crippen LogP contribution in [0.3, 0.4) is 0 Å². The first-order valence-corrected chi connectivity index (χ1v) is 16.8. The average Bonchev–Trinajstić information content (AvgIpc) is 2.42. The van der Waals surface area contributed by atoms with E-state index in [4.69, 9.17) is 30.8 Å². The van der Waals surface area contributed by atoms with Crippen LogP contribution in [0.25, 0.3) is 0 Å². The van der Waals surface area contributed by atoms with Gasteiger partial charge in [-0.15, -0.1) is 0 Å². The predicted octanol–water partition coefficient (Wildman–Crippen LogP) is 5.33. The molecule has 4 N–H and O–H groups in total. The Kier molecular flexibility index (Phi) is 26.2. The Hall–Kier alpha value is 1.98. The van der Waals surface area contributed by atoms with E-state index in [-0.39, 0.29) is 31.0 Å². The summed E-state index contributed by atoms with van der Waals surface area (Å²) in [6.07, 6.45) is 2.56. The molecule has 0 heterocycles.